The first kappa shape index (κ1) is 16.2. The van der Waals surface area contributed by atoms with E-state index in [1.165, 1.54) is 11.3 Å². The van der Waals surface area contributed by atoms with Crippen molar-refractivity contribution in [3.8, 4) is 0 Å². The molecule has 0 saturated heterocycles. The molecule has 0 aliphatic heterocycles. The summed E-state index contributed by atoms with van der Waals surface area (Å²) >= 11 is 1.41. The van der Waals surface area contributed by atoms with Crippen LogP contribution >= 0.6 is 11.3 Å². The van der Waals surface area contributed by atoms with Crippen molar-refractivity contribution < 1.29 is 14.4 Å². The lowest BCUT2D eigenvalue weighted by molar-refractivity contribution is -0.126. The van der Waals surface area contributed by atoms with Crippen LogP contribution in [0, 0.1) is 5.92 Å². The second kappa shape index (κ2) is 7.64. The van der Waals surface area contributed by atoms with E-state index in [1.54, 1.807) is 16.8 Å². The molecule has 3 amide bonds. The number of hydrogen-bond acceptors (Lipinski definition) is 4. The highest BCUT2D eigenvalue weighted by Gasteiger charge is 2.22. The summed E-state index contributed by atoms with van der Waals surface area (Å²) in [7, 11) is 0. The monoisotopic (exact) mass is 297 g/mol. The highest BCUT2D eigenvalue weighted by molar-refractivity contribution is 7.08. The zero-order valence-corrected chi connectivity index (χ0v) is 12.3. The minimum absolute atomic E-state index is 0.224. The summed E-state index contributed by atoms with van der Waals surface area (Å²) in [5.41, 5.74) is 5.50. The van der Waals surface area contributed by atoms with Crippen LogP contribution in [-0.4, -0.2) is 30.3 Å². The molecule has 110 valence electrons. The van der Waals surface area contributed by atoms with Crippen LogP contribution in [0.4, 0.5) is 0 Å². The molecule has 0 spiro atoms. The van der Waals surface area contributed by atoms with Gasteiger partial charge in [-0.2, -0.15) is 11.3 Å². The maximum absolute atomic E-state index is 12.0. The Bertz CT molecular complexity index is 471. The van der Waals surface area contributed by atoms with E-state index >= 15 is 0 Å². The van der Waals surface area contributed by atoms with Crippen molar-refractivity contribution in [1.82, 2.24) is 10.6 Å². The molecule has 0 aromatic carbocycles. The van der Waals surface area contributed by atoms with Gasteiger partial charge in [0.05, 0.1) is 12.1 Å². The van der Waals surface area contributed by atoms with Crippen LogP contribution < -0.4 is 16.4 Å². The van der Waals surface area contributed by atoms with Gasteiger partial charge >= 0.3 is 0 Å². The van der Waals surface area contributed by atoms with Gasteiger partial charge in [-0.3, -0.25) is 14.4 Å². The molecule has 0 aliphatic rings. The number of primary amides is 1. The zero-order valence-electron chi connectivity index (χ0n) is 11.5. The van der Waals surface area contributed by atoms with Crippen molar-refractivity contribution >= 4 is 29.1 Å². The van der Waals surface area contributed by atoms with Gasteiger partial charge in [-0.25, -0.2) is 0 Å². The van der Waals surface area contributed by atoms with Gasteiger partial charge in [0.15, 0.2) is 0 Å². The fraction of sp³-hybridized carbons (Fsp3) is 0.462. The van der Waals surface area contributed by atoms with Crippen LogP contribution in [0.2, 0.25) is 0 Å². The Morgan fingerprint density at radius 3 is 2.55 bits per heavy atom. The summed E-state index contributed by atoms with van der Waals surface area (Å²) in [5.74, 6) is -1.10. The van der Waals surface area contributed by atoms with Crippen LogP contribution in [0.25, 0.3) is 0 Å². The number of thiophene rings is 1. The minimum Gasteiger partial charge on any atom is -0.368 e. The number of hydrogen-bond donors (Lipinski definition) is 3. The van der Waals surface area contributed by atoms with Crippen LogP contribution in [-0.2, 0) is 9.59 Å². The summed E-state index contributed by atoms with van der Waals surface area (Å²) in [6.45, 7) is 3.66. The van der Waals surface area contributed by atoms with E-state index in [-0.39, 0.29) is 18.4 Å². The lowest BCUT2D eigenvalue weighted by atomic mass is 10.0. The third kappa shape index (κ3) is 5.40. The molecule has 20 heavy (non-hydrogen) atoms. The second-order valence-electron chi connectivity index (χ2n) is 4.85. The molecule has 6 nitrogen and oxygen atoms in total. The van der Waals surface area contributed by atoms with Gasteiger partial charge < -0.3 is 16.4 Å². The van der Waals surface area contributed by atoms with Gasteiger partial charge in [0, 0.05) is 5.38 Å². The number of nitrogens with two attached hydrogens (primary N) is 1. The molecule has 1 heterocycles. The van der Waals surface area contributed by atoms with Crippen molar-refractivity contribution in [2.24, 2.45) is 11.7 Å². The van der Waals surface area contributed by atoms with E-state index in [0.717, 1.165) is 0 Å². The molecule has 0 fully saturated rings. The molecular formula is C13H19N3O3S. The third-order valence-electron chi connectivity index (χ3n) is 2.55. The van der Waals surface area contributed by atoms with Crippen molar-refractivity contribution in [2.45, 2.75) is 26.3 Å². The fourth-order valence-electron chi connectivity index (χ4n) is 1.64. The zero-order chi connectivity index (χ0) is 15.1. The summed E-state index contributed by atoms with van der Waals surface area (Å²) in [5, 5.41) is 8.59. The molecule has 0 radical (unpaired) electrons. The Morgan fingerprint density at radius 1 is 1.35 bits per heavy atom. The molecule has 0 saturated carbocycles. The molecule has 1 atom stereocenters. The third-order valence-corrected chi connectivity index (χ3v) is 3.23. The highest BCUT2D eigenvalue weighted by Crippen LogP contribution is 2.09. The fourth-order valence-corrected chi connectivity index (χ4v) is 2.27. The Balaban J connectivity index is 2.66. The SMILES string of the molecule is CC(C)C[C@H](NC(=O)c1ccsc1)C(=O)NCC(N)=O. The Hall–Kier alpha value is -1.89. The average Bonchev–Trinajstić information content (AvgIpc) is 2.88. The minimum atomic E-state index is -0.679. The first-order valence-corrected chi connectivity index (χ1v) is 7.23. The standard InChI is InChI=1S/C13H19N3O3S/c1-8(2)5-10(13(19)15-6-11(14)17)16-12(18)9-3-4-20-7-9/h3-4,7-8,10H,5-6H2,1-2H3,(H2,14,17)(H,15,19)(H,16,18)/t10-/m0/s1. The molecule has 0 unspecified atom stereocenters. The van der Waals surface area contributed by atoms with Gasteiger partial charge in [0.2, 0.25) is 11.8 Å². The first-order valence-electron chi connectivity index (χ1n) is 6.29. The highest BCUT2D eigenvalue weighted by atomic mass is 32.1. The Morgan fingerprint density at radius 2 is 2.05 bits per heavy atom. The number of carbonyl (C=O) groups is 3. The molecule has 1 rings (SSSR count). The van der Waals surface area contributed by atoms with Crippen LogP contribution in [0.15, 0.2) is 16.8 Å². The molecular weight excluding hydrogens is 278 g/mol. The molecule has 4 N–H and O–H groups in total. The Labute approximate surface area is 121 Å². The van der Waals surface area contributed by atoms with Crippen LogP contribution in [0.5, 0.6) is 0 Å². The van der Waals surface area contributed by atoms with Gasteiger partial charge in [-0.1, -0.05) is 13.8 Å². The lowest BCUT2D eigenvalue weighted by Gasteiger charge is -2.19. The van der Waals surface area contributed by atoms with E-state index in [2.05, 4.69) is 10.6 Å². The second-order valence-corrected chi connectivity index (χ2v) is 5.63. The van der Waals surface area contributed by atoms with E-state index in [0.29, 0.717) is 12.0 Å². The molecule has 0 bridgehead atoms. The molecule has 1 aromatic rings. The van der Waals surface area contributed by atoms with Crippen molar-refractivity contribution in [1.29, 1.82) is 0 Å². The predicted octanol–water partition coefficient (Wildman–Crippen LogP) is 0.494. The van der Waals surface area contributed by atoms with Crippen molar-refractivity contribution in [3.63, 3.8) is 0 Å². The van der Waals surface area contributed by atoms with Crippen molar-refractivity contribution in [2.75, 3.05) is 6.54 Å². The summed E-state index contributed by atoms with van der Waals surface area (Å²) < 4.78 is 0. The number of carbonyl (C=O) groups excluding carboxylic acids is 3. The molecule has 0 aliphatic carbocycles. The average molecular weight is 297 g/mol. The lowest BCUT2D eigenvalue weighted by Crippen LogP contribution is -2.49. The quantitative estimate of drug-likeness (QED) is 0.683. The van der Waals surface area contributed by atoms with E-state index in [1.807, 2.05) is 13.8 Å². The van der Waals surface area contributed by atoms with Gasteiger partial charge in [0.1, 0.15) is 6.04 Å². The van der Waals surface area contributed by atoms with E-state index in [4.69, 9.17) is 5.73 Å². The smallest absolute Gasteiger partial charge is 0.252 e. The van der Waals surface area contributed by atoms with Gasteiger partial charge in [-0.15, -0.1) is 0 Å². The number of nitrogens with one attached hydrogen (secondary N) is 2. The first-order chi connectivity index (χ1) is 9.40. The summed E-state index contributed by atoms with van der Waals surface area (Å²) in [6, 6.07) is 1.01. The normalized spacial score (nSPS) is 11.9. The van der Waals surface area contributed by atoms with Gasteiger partial charge in [-0.05, 0) is 23.8 Å². The van der Waals surface area contributed by atoms with Crippen LogP contribution in [0.1, 0.15) is 30.6 Å². The van der Waals surface area contributed by atoms with E-state index in [9.17, 15) is 14.4 Å². The topological polar surface area (TPSA) is 101 Å². The maximum Gasteiger partial charge on any atom is 0.252 e. The molecule has 1 aromatic heterocycles. The Kier molecular flexibility index (Phi) is 6.17. The number of amides is 3. The molecule has 7 heteroatoms. The number of rotatable bonds is 7. The van der Waals surface area contributed by atoms with Crippen LogP contribution in [0.3, 0.4) is 0 Å². The predicted molar refractivity (Wildman–Crippen MR) is 77.2 cm³/mol. The van der Waals surface area contributed by atoms with Gasteiger partial charge in [0.25, 0.3) is 5.91 Å². The maximum atomic E-state index is 12.0. The largest absolute Gasteiger partial charge is 0.368 e. The van der Waals surface area contributed by atoms with E-state index < -0.39 is 17.9 Å². The summed E-state index contributed by atoms with van der Waals surface area (Å²) in [6.07, 6.45) is 0.487. The van der Waals surface area contributed by atoms with Crippen molar-refractivity contribution in [3.05, 3.63) is 22.4 Å². The summed E-state index contributed by atoms with van der Waals surface area (Å²) in [4.78, 5) is 34.6.